The highest BCUT2D eigenvalue weighted by Crippen LogP contribution is 2.33. The third-order valence-electron chi connectivity index (χ3n) is 4.19. The van der Waals surface area contributed by atoms with Gasteiger partial charge in [-0.2, -0.15) is 5.26 Å². The third-order valence-corrected chi connectivity index (χ3v) is 4.19. The van der Waals surface area contributed by atoms with E-state index in [2.05, 4.69) is 24.1 Å². The molecule has 1 fully saturated rings. The van der Waals surface area contributed by atoms with Crippen LogP contribution in [0.2, 0.25) is 0 Å². The summed E-state index contributed by atoms with van der Waals surface area (Å²) >= 11 is 0. The zero-order valence-corrected chi connectivity index (χ0v) is 12.4. The highest BCUT2D eigenvalue weighted by atomic mass is 16.6. The Morgan fingerprint density at radius 1 is 1.48 bits per heavy atom. The summed E-state index contributed by atoms with van der Waals surface area (Å²) < 4.78 is 0. The lowest BCUT2D eigenvalue weighted by atomic mass is 9.78. The smallest absolute Gasteiger partial charge is 0.312 e. The maximum absolute atomic E-state index is 11.2. The SMILES string of the molecule is CC(C)C1CCCCC1Nc1ncc(C#N)cc1[N+](=O)[O-]. The first-order chi connectivity index (χ1) is 10.0. The summed E-state index contributed by atoms with van der Waals surface area (Å²) in [7, 11) is 0. The molecule has 0 amide bonds. The fourth-order valence-electron chi connectivity index (χ4n) is 3.08. The summed E-state index contributed by atoms with van der Waals surface area (Å²) in [4.78, 5) is 14.8. The predicted octanol–water partition coefficient (Wildman–Crippen LogP) is 3.49. The molecule has 1 aliphatic carbocycles. The van der Waals surface area contributed by atoms with Crippen molar-refractivity contribution in [2.75, 3.05) is 5.32 Å². The van der Waals surface area contributed by atoms with Gasteiger partial charge >= 0.3 is 5.69 Å². The van der Waals surface area contributed by atoms with Gasteiger partial charge in [0.05, 0.1) is 10.5 Å². The quantitative estimate of drug-likeness (QED) is 0.676. The molecule has 0 saturated heterocycles. The summed E-state index contributed by atoms with van der Waals surface area (Å²) in [6.45, 7) is 4.37. The van der Waals surface area contributed by atoms with E-state index in [9.17, 15) is 10.1 Å². The van der Waals surface area contributed by atoms with Crippen molar-refractivity contribution in [3.63, 3.8) is 0 Å². The van der Waals surface area contributed by atoms with Crippen LogP contribution in [-0.4, -0.2) is 15.9 Å². The van der Waals surface area contributed by atoms with E-state index in [1.807, 2.05) is 6.07 Å². The minimum absolute atomic E-state index is 0.123. The van der Waals surface area contributed by atoms with Crippen molar-refractivity contribution in [1.29, 1.82) is 5.26 Å². The Morgan fingerprint density at radius 2 is 2.19 bits per heavy atom. The van der Waals surface area contributed by atoms with Gasteiger partial charge in [0, 0.05) is 18.3 Å². The van der Waals surface area contributed by atoms with Gasteiger partial charge in [0.15, 0.2) is 0 Å². The van der Waals surface area contributed by atoms with Gasteiger partial charge in [-0.15, -0.1) is 0 Å². The van der Waals surface area contributed by atoms with Gasteiger partial charge in [-0.05, 0) is 24.7 Å². The molecule has 112 valence electrons. The van der Waals surface area contributed by atoms with Crippen molar-refractivity contribution in [2.45, 2.75) is 45.6 Å². The Morgan fingerprint density at radius 3 is 2.81 bits per heavy atom. The highest BCUT2D eigenvalue weighted by molar-refractivity contribution is 5.58. The molecule has 0 aliphatic heterocycles. The normalized spacial score (nSPS) is 21.8. The van der Waals surface area contributed by atoms with E-state index in [0.717, 1.165) is 19.3 Å². The number of hydrogen-bond acceptors (Lipinski definition) is 5. The van der Waals surface area contributed by atoms with Crippen LogP contribution in [0.4, 0.5) is 11.5 Å². The van der Waals surface area contributed by atoms with Crippen LogP contribution in [0.5, 0.6) is 0 Å². The Kier molecular flexibility index (Phi) is 4.73. The lowest BCUT2D eigenvalue weighted by Crippen LogP contribution is -2.35. The Hall–Kier alpha value is -2.16. The number of nitrogens with zero attached hydrogens (tertiary/aromatic N) is 3. The summed E-state index contributed by atoms with van der Waals surface area (Å²) in [6.07, 6.45) is 5.86. The van der Waals surface area contributed by atoms with Gasteiger partial charge in [0.2, 0.25) is 5.82 Å². The zero-order valence-electron chi connectivity index (χ0n) is 12.4. The molecule has 1 heterocycles. The minimum atomic E-state index is -0.483. The molecule has 6 heteroatoms. The molecule has 2 atom stereocenters. The molecule has 0 aromatic carbocycles. The van der Waals surface area contributed by atoms with Gasteiger partial charge in [-0.25, -0.2) is 4.98 Å². The molecule has 6 nitrogen and oxygen atoms in total. The van der Waals surface area contributed by atoms with Crippen LogP contribution in [-0.2, 0) is 0 Å². The van der Waals surface area contributed by atoms with Crippen molar-refractivity contribution in [3.8, 4) is 6.07 Å². The lowest BCUT2D eigenvalue weighted by molar-refractivity contribution is -0.384. The molecule has 0 spiro atoms. The largest absolute Gasteiger partial charge is 0.361 e. The first-order valence-electron chi connectivity index (χ1n) is 7.34. The fraction of sp³-hybridized carbons (Fsp3) is 0.600. The Bertz CT molecular complexity index is 565. The Labute approximate surface area is 124 Å². The van der Waals surface area contributed by atoms with Gasteiger partial charge in [-0.1, -0.05) is 26.7 Å². The third kappa shape index (κ3) is 3.48. The van der Waals surface area contributed by atoms with Crippen molar-refractivity contribution in [1.82, 2.24) is 4.98 Å². The number of rotatable bonds is 4. The first-order valence-corrected chi connectivity index (χ1v) is 7.34. The standard InChI is InChI=1S/C15H20N4O2/c1-10(2)12-5-3-4-6-13(12)18-15-14(19(20)21)7-11(8-16)9-17-15/h7,9-10,12-13H,3-6H2,1-2H3,(H,17,18). The van der Waals surface area contributed by atoms with Gasteiger partial charge in [0.1, 0.15) is 6.07 Å². The summed E-state index contributed by atoms with van der Waals surface area (Å²) in [5.41, 5.74) is 0.0819. The van der Waals surface area contributed by atoms with Crippen LogP contribution in [0.1, 0.15) is 45.1 Å². The molecule has 1 aliphatic rings. The van der Waals surface area contributed by atoms with Crippen molar-refractivity contribution >= 4 is 11.5 Å². The van der Waals surface area contributed by atoms with Crippen molar-refractivity contribution < 1.29 is 4.92 Å². The van der Waals surface area contributed by atoms with Crippen molar-refractivity contribution in [2.24, 2.45) is 11.8 Å². The molecule has 2 unspecified atom stereocenters. The van der Waals surface area contributed by atoms with Crippen LogP contribution < -0.4 is 5.32 Å². The van der Waals surface area contributed by atoms with E-state index in [-0.39, 0.29) is 23.1 Å². The monoisotopic (exact) mass is 288 g/mol. The summed E-state index contributed by atoms with van der Waals surface area (Å²) in [6, 6.07) is 3.37. The molecule has 2 rings (SSSR count). The number of pyridine rings is 1. The highest BCUT2D eigenvalue weighted by Gasteiger charge is 2.29. The molecule has 0 radical (unpaired) electrons. The molecule has 1 aromatic rings. The van der Waals surface area contributed by atoms with E-state index in [4.69, 9.17) is 5.26 Å². The second kappa shape index (κ2) is 6.53. The van der Waals surface area contributed by atoms with E-state index in [1.54, 1.807) is 0 Å². The second-order valence-electron chi connectivity index (χ2n) is 5.90. The van der Waals surface area contributed by atoms with Gasteiger partial charge < -0.3 is 5.32 Å². The maximum Gasteiger partial charge on any atom is 0.312 e. The number of nitrogens with one attached hydrogen (secondary N) is 1. The summed E-state index contributed by atoms with van der Waals surface area (Å²) in [5, 5.41) is 23.3. The lowest BCUT2D eigenvalue weighted by Gasteiger charge is -2.35. The molecule has 1 N–H and O–H groups in total. The number of nitro groups is 1. The average molecular weight is 288 g/mol. The first kappa shape index (κ1) is 15.2. The van der Waals surface area contributed by atoms with Gasteiger partial charge in [0.25, 0.3) is 0 Å². The summed E-state index contributed by atoms with van der Waals surface area (Å²) in [5.74, 6) is 1.30. The van der Waals surface area contributed by atoms with E-state index in [1.165, 1.54) is 18.7 Å². The second-order valence-corrected chi connectivity index (χ2v) is 5.90. The minimum Gasteiger partial charge on any atom is -0.361 e. The predicted molar refractivity (Wildman–Crippen MR) is 79.8 cm³/mol. The van der Waals surface area contributed by atoms with Crippen LogP contribution in [0.15, 0.2) is 12.3 Å². The van der Waals surface area contributed by atoms with E-state index < -0.39 is 4.92 Å². The molecular formula is C15H20N4O2. The topological polar surface area (TPSA) is 91.8 Å². The number of aromatic nitrogens is 1. The number of nitriles is 1. The van der Waals surface area contributed by atoms with Crippen LogP contribution in [0.25, 0.3) is 0 Å². The average Bonchev–Trinajstić information content (AvgIpc) is 2.47. The molecule has 1 aromatic heterocycles. The fourth-order valence-corrected chi connectivity index (χ4v) is 3.08. The Balaban J connectivity index is 2.25. The molecular weight excluding hydrogens is 268 g/mol. The zero-order chi connectivity index (χ0) is 15.4. The van der Waals surface area contributed by atoms with Crippen LogP contribution in [0, 0.1) is 33.3 Å². The number of hydrogen-bond donors (Lipinski definition) is 1. The number of anilines is 1. The van der Waals surface area contributed by atoms with Crippen LogP contribution >= 0.6 is 0 Å². The molecule has 1 saturated carbocycles. The van der Waals surface area contributed by atoms with E-state index in [0.29, 0.717) is 11.8 Å². The van der Waals surface area contributed by atoms with E-state index >= 15 is 0 Å². The maximum atomic E-state index is 11.2. The van der Waals surface area contributed by atoms with Gasteiger partial charge in [-0.3, -0.25) is 10.1 Å². The molecule has 21 heavy (non-hydrogen) atoms. The molecule has 0 bridgehead atoms. The van der Waals surface area contributed by atoms with Crippen molar-refractivity contribution in [3.05, 3.63) is 27.9 Å². The van der Waals surface area contributed by atoms with Crippen LogP contribution in [0.3, 0.4) is 0 Å².